The average molecular weight is 276 g/mol. The van der Waals surface area contributed by atoms with E-state index >= 15 is 0 Å². The monoisotopic (exact) mass is 276 g/mol. The Bertz CT molecular complexity index is 272. The van der Waals surface area contributed by atoms with Gasteiger partial charge < -0.3 is 29.9 Å². The Labute approximate surface area is 113 Å². The van der Waals surface area contributed by atoms with Gasteiger partial charge in [0.15, 0.2) is 0 Å². The average Bonchev–Trinajstić information content (AvgIpc) is 2.57. The first-order valence-corrected chi connectivity index (χ1v) is 6.52. The Hall–Kier alpha value is -0.500. The maximum Gasteiger partial charge on any atom is 0.109 e. The second-order valence-corrected chi connectivity index (χ2v) is 4.97. The Morgan fingerprint density at radius 1 is 1.26 bits per heavy atom. The zero-order chi connectivity index (χ0) is 14.4. The number of hydrogen-bond acceptors (Lipinski definition) is 6. The van der Waals surface area contributed by atoms with Crippen LogP contribution in [0.1, 0.15) is 19.8 Å². The van der Waals surface area contributed by atoms with E-state index in [2.05, 4.69) is 6.58 Å². The van der Waals surface area contributed by atoms with Crippen molar-refractivity contribution in [1.82, 2.24) is 0 Å². The highest BCUT2D eigenvalue weighted by Crippen LogP contribution is 2.25. The summed E-state index contributed by atoms with van der Waals surface area (Å²) in [5, 5.41) is 38.7. The van der Waals surface area contributed by atoms with Crippen molar-refractivity contribution >= 4 is 0 Å². The third kappa shape index (κ3) is 5.18. The maximum absolute atomic E-state index is 9.82. The van der Waals surface area contributed by atoms with Crippen molar-refractivity contribution in [2.75, 3.05) is 13.2 Å². The van der Waals surface area contributed by atoms with E-state index in [0.29, 0.717) is 6.61 Å². The minimum Gasteiger partial charge on any atom is -0.393 e. The van der Waals surface area contributed by atoms with Crippen LogP contribution in [0.2, 0.25) is 0 Å². The molecule has 4 N–H and O–H groups in total. The normalized spacial score (nSPS) is 34.2. The lowest BCUT2D eigenvalue weighted by Gasteiger charge is -2.20. The molecule has 112 valence electrons. The van der Waals surface area contributed by atoms with Crippen LogP contribution in [0, 0.1) is 0 Å². The molecule has 0 saturated carbocycles. The van der Waals surface area contributed by atoms with E-state index < -0.39 is 36.6 Å². The SMILES string of the molecule is C=CCOC[C@@H](O)C[C@@H](O)C[C@H]1O[C@@H](C)C(O)[C@H]1O. The molecule has 1 unspecified atom stereocenters. The van der Waals surface area contributed by atoms with E-state index in [1.165, 1.54) is 0 Å². The predicted molar refractivity (Wildman–Crippen MR) is 68.6 cm³/mol. The predicted octanol–water partition coefficient (Wildman–Crippen LogP) is -0.800. The Morgan fingerprint density at radius 3 is 2.47 bits per heavy atom. The summed E-state index contributed by atoms with van der Waals surface area (Å²) in [6, 6.07) is 0. The molecule has 0 spiro atoms. The summed E-state index contributed by atoms with van der Waals surface area (Å²) < 4.78 is 10.4. The standard InChI is InChI=1S/C13H24O6/c1-3-4-18-7-10(15)5-9(14)6-11-13(17)12(16)8(2)19-11/h3,8-17H,1,4-7H2,2H3/t8-,9+,10-,11+,12?,13-/m0/s1. The van der Waals surface area contributed by atoms with Gasteiger partial charge in [0.2, 0.25) is 0 Å². The molecule has 6 heteroatoms. The van der Waals surface area contributed by atoms with Crippen LogP contribution in [0.15, 0.2) is 12.7 Å². The van der Waals surface area contributed by atoms with Crippen LogP contribution in [-0.4, -0.2) is 70.3 Å². The van der Waals surface area contributed by atoms with Gasteiger partial charge in [0.25, 0.3) is 0 Å². The van der Waals surface area contributed by atoms with Crippen molar-refractivity contribution in [3.63, 3.8) is 0 Å². The zero-order valence-corrected chi connectivity index (χ0v) is 11.2. The quantitative estimate of drug-likeness (QED) is 0.342. The van der Waals surface area contributed by atoms with Gasteiger partial charge in [-0.15, -0.1) is 6.58 Å². The van der Waals surface area contributed by atoms with Crippen molar-refractivity contribution in [2.24, 2.45) is 0 Å². The van der Waals surface area contributed by atoms with E-state index in [-0.39, 0.29) is 19.4 Å². The third-order valence-corrected chi connectivity index (χ3v) is 3.20. The number of rotatable bonds is 8. The van der Waals surface area contributed by atoms with Gasteiger partial charge in [-0.1, -0.05) is 6.08 Å². The van der Waals surface area contributed by atoms with Crippen LogP contribution in [0.5, 0.6) is 0 Å². The van der Waals surface area contributed by atoms with Crippen LogP contribution in [-0.2, 0) is 9.47 Å². The Balaban J connectivity index is 2.27. The van der Waals surface area contributed by atoms with Gasteiger partial charge in [-0.3, -0.25) is 0 Å². The molecular weight excluding hydrogens is 252 g/mol. The number of aliphatic hydroxyl groups excluding tert-OH is 4. The molecule has 1 heterocycles. The molecule has 1 fully saturated rings. The summed E-state index contributed by atoms with van der Waals surface area (Å²) in [5.74, 6) is 0. The molecule has 0 amide bonds. The number of aliphatic hydroxyl groups is 4. The second-order valence-electron chi connectivity index (χ2n) is 4.97. The fraction of sp³-hybridized carbons (Fsp3) is 0.846. The van der Waals surface area contributed by atoms with Gasteiger partial charge in [0, 0.05) is 12.8 Å². The summed E-state index contributed by atoms with van der Waals surface area (Å²) >= 11 is 0. The van der Waals surface area contributed by atoms with E-state index in [1.54, 1.807) is 13.0 Å². The van der Waals surface area contributed by atoms with Gasteiger partial charge in [0.1, 0.15) is 12.2 Å². The molecule has 0 aromatic rings. The van der Waals surface area contributed by atoms with E-state index in [1.807, 2.05) is 0 Å². The molecule has 1 aliphatic heterocycles. The molecule has 6 nitrogen and oxygen atoms in total. The molecule has 0 radical (unpaired) electrons. The minimum absolute atomic E-state index is 0.121. The van der Waals surface area contributed by atoms with Crippen LogP contribution < -0.4 is 0 Å². The van der Waals surface area contributed by atoms with Gasteiger partial charge in [-0.2, -0.15) is 0 Å². The van der Waals surface area contributed by atoms with Crippen molar-refractivity contribution in [1.29, 1.82) is 0 Å². The molecule has 0 aromatic heterocycles. The molecule has 1 saturated heterocycles. The van der Waals surface area contributed by atoms with Gasteiger partial charge in [-0.05, 0) is 6.92 Å². The van der Waals surface area contributed by atoms with Crippen LogP contribution in [0.3, 0.4) is 0 Å². The van der Waals surface area contributed by atoms with Crippen LogP contribution in [0.25, 0.3) is 0 Å². The molecule has 0 bridgehead atoms. The molecule has 0 aromatic carbocycles. The molecule has 0 aliphatic carbocycles. The lowest BCUT2D eigenvalue weighted by atomic mass is 10.0. The van der Waals surface area contributed by atoms with E-state index in [4.69, 9.17) is 9.47 Å². The van der Waals surface area contributed by atoms with Crippen LogP contribution in [0.4, 0.5) is 0 Å². The van der Waals surface area contributed by atoms with Crippen molar-refractivity contribution < 1.29 is 29.9 Å². The fourth-order valence-corrected chi connectivity index (χ4v) is 2.16. The zero-order valence-electron chi connectivity index (χ0n) is 11.2. The fourth-order valence-electron chi connectivity index (χ4n) is 2.16. The topological polar surface area (TPSA) is 99.4 Å². The largest absolute Gasteiger partial charge is 0.393 e. The van der Waals surface area contributed by atoms with E-state index in [9.17, 15) is 20.4 Å². The molecule has 1 aliphatic rings. The van der Waals surface area contributed by atoms with E-state index in [0.717, 1.165) is 0 Å². The maximum atomic E-state index is 9.82. The molecule has 6 atom stereocenters. The van der Waals surface area contributed by atoms with Crippen molar-refractivity contribution in [2.45, 2.75) is 56.4 Å². The molecule has 19 heavy (non-hydrogen) atoms. The first-order chi connectivity index (χ1) is 8.95. The summed E-state index contributed by atoms with van der Waals surface area (Å²) in [6.07, 6.45) is -2.72. The highest BCUT2D eigenvalue weighted by atomic mass is 16.5. The van der Waals surface area contributed by atoms with Gasteiger partial charge in [0.05, 0.1) is 37.6 Å². The van der Waals surface area contributed by atoms with Crippen molar-refractivity contribution in [3.05, 3.63) is 12.7 Å². The van der Waals surface area contributed by atoms with Gasteiger partial charge in [-0.25, -0.2) is 0 Å². The summed E-state index contributed by atoms with van der Waals surface area (Å²) in [5.41, 5.74) is 0. The van der Waals surface area contributed by atoms with Crippen LogP contribution >= 0.6 is 0 Å². The lowest BCUT2D eigenvalue weighted by molar-refractivity contribution is -0.0336. The van der Waals surface area contributed by atoms with Crippen molar-refractivity contribution in [3.8, 4) is 0 Å². The highest BCUT2D eigenvalue weighted by Gasteiger charge is 2.40. The highest BCUT2D eigenvalue weighted by molar-refractivity contribution is 4.89. The summed E-state index contributed by atoms with van der Waals surface area (Å²) in [6.45, 7) is 5.62. The second kappa shape index (κ2) is 7.94. The Morgan fingerprint density at radius 2 is 1.95 bits per heavy atom. The number of ether oxygens (including phenoxy) is 2. The summed E-state index contributed by atoms with van der Waals surface area (Å²) in [7, 11) is 0. The molecular formula is C13H24O6. The Kier molecular flexibility index (Phi) is 6.92. The number of hydrogen-bond donors (Lipinski definition) is 4. The van der Waals surface area contributed by atoms with Gasteiger partial charge >= 0.3 is 0 Å². The summed E-state index contributed by atoms with van der Waals surface area (Å²) in [4.78, 5) is 0. The smallest absolute Gasteiger partial charge is 0.109 e. The minimum atomic E-state index is -1.00. The first kappa shape index (κ1) is 16.6. The molecule has 1 rings (SSSR count). The first-order valence-electron chi connectivity index (χ1n) is 6.52. The third-order valence-electron chi connectivity index (χ3n) is 3.20. The lowest BCUT2D eigenvalue weighted by Crippen LogP contribution is -2.34.